The number of anilines is 2. The van der Waals surface area contributed by atoms with Crippen molar-refractivity contribution < 1.29 is 4.79 Å². The third-order valence-corrected chi connectivity index (χ3v) is 4.17. The Balaban J connectivity index is 1.60. The molecule has 0 unspecified atom stereocenters. The molecule has 0 radical (unpaired) electrons. The van der Waals surface area contributed by atoms with E-state index >= 15 is 0 Å². The van der Waals surface area contributed by atoms with Crippen molar-refractivity contribution in [3.8, 4) is 0 Å². The summed E-state index contributed by atoms with van der Waals surface area (Å²) in [5.41, 5.74) is 3.17. The molecular formula is C15H19N9O. The van der Waals surface area contributed by atoms with E-state index in [-0.39, 0.29) is 17.5 Å². The highest BCUT2D eigenvalue weighted by Crippen LogP contribution is 2.22. The Morgan fingerprint density at radius 3 is 2.80 bits per heavy atom. The lowest BCUT2D eigenvalue weighted by Crippen LogP contribution is -2.43. The number of carbonyl (C=O) groups excluding carboxylic acids is 1. The molecule has 0 spiro atoms. The summed E-state index contributed by atoms with van der Waals surface area (Å²) in [6.45, 7) is 5.90. The number of rotatable bonds is 3. The van der Waals surface area contributed by atoms with Crippen molar-refractivity contribution >= 4 is 23.2 Å². The maximum Gasteiger partial charge on any atom is 0.280 e. The molecule has 0 atom stereocenters. The van der Waals surface area contributed by atoms with Gasteiger partial charge >= 0.3 is 0 Å². The molecule has 10 nitrogen and oxygen atoms in total. The van der Waals surface area contributed by atoms with Gasteiger partial charge in [0.05, 0.1) is 18.1 Å². The lowest BCUT2D eigenvalue weighted by atomic mass is 10.2. The number of hydrogen-bond acceptors (Lipinski definition) is 7. The van der Waals surface area contributed by atoms with Gasteiger partial charge in [-0.3, -0.25) is 14.8 Å². The normalized spacial score (nSPS) is 14.9. The van der Waals surface area contributed by atoms with E-state index in [0.29, 0.717) is 5.65 Å². The summed E-state index contributed by atoms with van der Waals surface area (Å²) in [6, 6.07) is 1.97. The van der Waals surface area contributed by atoms with Gasteiger partial charge in [0.25, 0.3) is 5.91 Å². The summed E-state index contributed by atoms with van der Waals surface area (Å²) < 4.78 is 3.16. The highest BCUT2D eigenvalue weighted by atomic mass is 16.2. The van der Waals surface area contributed by atoms with Gasteiger partial charge < -0.3 is 10.2 Å². The fourth-order valence-electron chi connectivity index (χ4n) is 2.92. The number of pyridine rings is 1. The summed E-state index contributed by atoms with van der Waals surface area (Å²) >= 11 is 0. The number of piperazine rings is 1. The maximum atomic E-state index is 12.2. The van der Waals surface area contributed by atoms with Crippen LogP contribution >= 0.6 is 0 Å². The summed E-state index contributed by atoms with van der Waals surface area (Å²) in [5, 5.41) is 17.9. The van der Waals surface area contributed by atoms with E-state index in [1.54, 1.807) is 11.6 Å². The van der Waals surface area contributed by atoms with Gasteiger partial charge in [-0.2, -0.15) is 4.98 Å². The molecule has 10 heteroatoms. The molecule has 1 aliphatic heterocycles. The van der Waals surface area contributed by atoms with Crippen molar-refractivity contribution in [2.75, 3.05) is 36.4 Å². The monoisotopic (exact) mass is 341 g/mol. The largest absolute Gasteiger partial charge is 0.368 e. The van der Waals surface area contributed by atoms with Crippen LogP contribution in [0.5, 0.6) is 0 Å². The molecule has 1 aliphatic rings. The predicted octanol–water partition coefficient (Wildman–Crippen LogP) is -0.172. The van der Waals surface area contributed by atoms with Crippen LogP contribution in [0, 0.1) is 6.92 Å². The van der Waals surface area contributed by atoms with Crippen LogP contribution in [0.1, 0.15) is 16.1 Å². The molecule has 1 amide bonds. The number of carbonyl (C=O) groups is 1. The van der Waals surface area contributed by atoms with Crippen molar-refractivity contribution in [3.63, 3.8) is 0 Å². The predicted molar refractivity (Wildman–Crippen MR) is 91.8 cm³/mol. The number of nitrogens with zero attached hydrogens (tertiary/aromatic N) is 7. The number of amides is 1. The molecule has 2 N–H and O–H groups in total. The van der Waals surface area contributed by atoms with Crippen LogP contribution in [-0.2, 0) is 7.05 Å². The van der Waals surface area contributed by atoms with E-state index in [1.165, 1.54) is 10.9 Å². The standard InChI is InChI=1S/C15H19N9O/c1-10-7-13-17-15(18-14(25)11-8-22(2)21-19-11)20-24(13)9-12(10)23-5-3-16-4-6-23/h7-9,16H,3-6H2,1-2H3,(H,18,20,25). The van der Waals surface area contributed by atoms with Crippen LogP contribution < -0.4 is 15.5 Å². The number of aryl methyl sites for hydroxylation is 2. The molecule has 0 aliphatic carbocycles. The van der Waals surface area contributed by atoms with Crippen LogP contribution in [0.25, 0.3) is 5.65 Å². The molecule has 130 valence electrons. The highest BCUT2D eigenvalue weighted by molar-refractivity contribution is 6.01. The fourth-order valence-corrected chi connectivity index (χ4v) is 2.92. The van der Waals surface area contributed by atoms with Gasteiger partial charge in [0.1, 0.15) is 0 Å². The smallest absolute Gasteiger partial charge is 0.280 e. The zero-order valence-electron chi connectivity index (χ0n) is 14.1. The van der Waals surface area contributed by atoms with E-state index in [1.807, 2.05) is 12.3 Å². The van der Waals surface area contributed by atoms with E-state index in [9.17, 15) is 4.79 Å². The average Bonchev–Trinajstić information content (AvgIpc) is 3.20. The lowest BCUT2D eigenvalue weighted by Gasteiger charge is -2.30. The Morgan fingerprint density at radius 2 is 2.08 bits per heavy atom. The first-order chi connectivity index (χ1) is 12.1. The van der Waals surface area contributed by atoms with E-state index < -0.39 is 0 Å². The van der Waals surface area contributed by atoms with Crippen molar-refractivity contribution in [2.45, 2.75) is 6.92 Å². The molecule has 0 saturated carbocycles. The quantitative estimate of drug-likeness (QED) is 0.681. The van der Waals surface area contributed by atoms with E-state index in [4.69, 9.17) is 0 Å². The van der Waals surface area contributed by atoms with Crippen LogP contribution in [0.4, 0.5) is 11.6 Å². The number of aromatic nitrogens is 6. The van der Waals surface area contributed by atoms with Crippen LogP contribution in [0.2, 0.25) is 0 Å². The number of fused-ring (bicyclic) bond motifs is 1. The van der Waals surface area contributed by atoms with Crippen LogP contribution in [0.3, 0.4) is 0 Å². The first-order valence-electron chi connectivity index (χ1n) is 8.10. The molecule has 0 aromatic carbocycles. The summed E-state index contributed by atoms with van der Waals surface area (Å²) in [6.07, 6.45) is 3.50. The highest BCUT2D eigenvalue weighted by Gasteiger charge is 2.17. The second-order valence-corrected chi connectivity index (χ2v) is 6.05. The Labute approximate surface area is 143 Å². The zero-order valence-corrected chi connectivity index (χ0v) is 14.1. The Hall–Kier alpha value is -3.01. The molecule has 1 fully saturated rings. The van der Waals surface area contributed by atoms with Crippen LogP contribution in [0.15, 0.2) is 18.5 Å². The minimum Gasteiger partial charge on any atom is -0.368 e. The number of nitrogens with one attached hydrogen (secondary N) is 2. The Bertz CT molecular complexity index is 922. The first-order valence-corrected chi connectivity index (χ1v) is 8.10. The molecule has 3 aromatic rings. The van der Waals surface area contributed by atoms with Crippen molar-refractivity contribution in [1.29, 1.82) is 0 Å². The first kappa shape index (κ1) is 15.5. The van der Waals surface area contributed by atoms with E-state index in [0.717, 1.165) is 37.4 Å². The maximum absolute atomic E-state index is 12.2. The van der Waals surface area contributed by atoms with Crippen molar-refractivity contribution in [3.05, 3.63) is 29.7 Å². The van der Waals surface area contributed by atoms with Crippen molar-refractivity contribution in [1.82, 2.24) is 34.9 Å². The number of hydrogen-bond donors (Lipinski definition) is 2. The third kappa shape index (κ3) is 3.03. The molecule has 4 rings (SSSR count). The van der Waals surface area contributed by atoms with Crippen LogP contribution in [-0.4, -0.2) is 61.7 Å². The lowest BCUT2D eigenvalue weighted by molar-refractivity contribution is 0.102. The fraction of sp³-hybridized carbons (Fsp3) is 0.400. The van der Waals surface area contributed by atoms with Gasteiger partial charge in [0.2, 0.25) is 5.95 Å². The minimum absolute atomic E-state index is 0.221. The van der Waals surface area contributed by atoms with Gasteiger partial charge in [-0.1, -0.05) is 5.21 Å². The van der Waals surface area contributed by atoms with Gasteiger partial charge in [-0.05, 0) is 18.6 Å². The summed E-state index contributed by atoms with van der Waals surface area (Å²) in [5.74, 6) is -0.143. The minimum atomic E-state index is -0.386. The van der Waals surface area contributed by atoms with E-state index in [2.05, 4.69) is 42.9 Å². The van der Waals surface area contributed by atoms with Gasteiger partial charge in [-0.25, -0.2) is 4.52 Å². The molecule has 3 aromatic heterocycles. The topological polar surface area (TPSA) is 105 Å². The van der Waals surface area contributed by atoms with Gasteiger partial charge in [0, 0.05) is 33.2 Å². The third-order valence-electron chi connectivity index (χ3n) is 4.17. The summed E-state index contributed by atoms with van der Waals surface area (Å²) in [4.78, 5) is 18.8. The zero-order chi connectivity index (χ0) is 17.4. The molecule has 1 saturated heterocycles. The summed E-state index contributed by atoms with van der Waals surface area (Å²) in [7, 11) is 1.70. The Morgan fingerprint density at radius 1 is 1.28 bits per heavy atom. The SMILES string of the molecule is Cc1cc2nc(NC(=O)c3cn(C)nn3)nn2cc1N1CCNCC1. The molecule has 0 bridgehead atoms. The van der Waals surface area contributed by atoms with Gasteiger partial charge in [0.15, 0.2) is 11.3 Å². The average molecular weight is 341 g/mol. The molecule has 25 heavy (non-hydrogen) atoms. The van der Waals surface area contributed by atoms with Gasteiger partial charge in [-0.15, -0.1) is 10.2 Å². The second-order valence-electron chi connectivity index (χ2n) is 6.05. The second kappa shape index (κ2) is 6.13. The Kier molecular flexibility index (Phi) is 3.80. The van der Waals surface area contributed by atoms with Crippen molar-refractivity contribution in [2.24, 2.45) is 7.05 Å². The molecular weight excluding hydrogens is 322 g/mol. The molecule has 4 heterocycles.